The molecule has 3 aromatic rings. The number of likely N-dealkylation sites (tertiary alicyclic amines) is 1. The fourth-order valence-electron chi connectivity index (χ4n) is 4.41. The molecule has 0 amide bonds. The number of aromatic nitrogens is 2. The van der Waals surface area contributed by atoms with E-state index in [0.29, 0.717) is 43.4 Å². The van der Waals surface area contributed by atoms with Gasteiger partial charge < -0.3 is 29.0 Å². The minimum atomic E-state index is -1.44. The summed E-state index contributed by atoms with van der Waals surface area (Å²) in [5.41, 5.74) is -0.431. The highest BCUT2D eigenvalue weighted by atomic mass is 19.1. The van der Waals surface area contributed by atoms with E-state index in [2.05, 4.69) is 14.5 Å². The van der Waals surface area contributed by atoms with Gasteiger partial charge in [-0.3, -0.25) is 4.90 Å². The third-order valence-electron chi connectivity index (χ3n) is 6.50. The van der Waals surface area contributed by atoms with E-state index in [1.54, 1.807) is 13.3 Å². The molecule has 0 saturated carbocycles. The van der Waals surface area contributed by atoms with Crippen molar-refractivity contribution in [1.29, 1.82) is 0 Å². The Labute approximate surface area is 210 Å². The molecular weight excluding hydrogens is 465 g/mol. The van der Waals surface area contributed by atoms with Crippen molar-refractivity contribution < 1.29 is 28.8 Å². The van der Waals surface area contributed by atoms with Gasteiger partial charge in [0.25, 0.3) is 0 Å². The zero-order chi connectivity index (χ0) is 25.5. The summed E-state index contributed by atoms with van der Waals surface area (Å²) in [5.74, 6) is 2.40. The number of rotatable bonds is 11. The molecule has 2 N–H and O–H groups in total. The second kappa shape index (κ2) is 11.7. The van der Waals surface area contributed by atoms with Crippen LogP contribution < -0.4 is 14.2 Å². The summed E-state index contributed by atoms with van der Waals surface area (Å²) in [4.78, 5) is 6.30. The molecule has 1 fully saturated rings. The van der Waals surface area contributed by atoms with Crippen LogP contribution in [0, 0.1) is 12.7 Å². The van der Waals surface area contributed by atoms with Gasteiger partial charge in [-0.25, -0.2) is 9.37 Å². The maximum Gasteiger partial charge on any atom is 0.161 e. The van der Waals surface area contributed by atoms with Gasteiger partial charge >= 0.3 is 0 Å². The van der Waals surface area contributed by atoms with Gasteiger partial charge in [-0.1, -0.05) is 6.07 Å². The van der Waals surface area contributed by atoms with E-state index < -0.39 is 11.7 Å². The Morgan fingerprint density at radius 3 is 2.67 bits per heavy atom. The van der Waals surface area contributed by atoms with Crippen LogP contribution in [-0.2, 0) is 13.1 Å². The molecule has 1 aromatic heterocycles. The third kappa shape index (κ3) is 6.54. The molecule has 0 radical (unpaired) electrons. The smallest absolute Gasteiger partial charge is 0.161 e. The van der Waals surface area contributed by atoms with E-state index in [-0.39, 0.29) is 19.0 Å². The van der Waals surface area contributed by atoms with Gasteiger partial charge in [0.05, 0.1) is 19.8 Å². The molecule has 36 heavy (non-hydrogen) atoms. The lowest BCUT2D eigenvalue weighted by atomic mass is 9.90. The molecule has 1 aliphatic heterocycles. The van der Waals surface area contributed by atoms with Crippen LogP contribution in [0.25, 0.3) is 0 Å². The number of ether oxygens (including phenoxy) is 3. The Balaban J connectivity index is 1.31. The van der Waals surface area contributed by atoms with E-state index >= 15 is 0 Å². The minimum absolute atomic E-state index is 0.0923. The molecule has 4 rings (SSSR count). The van der Waals surface area contributed by atoms with Crippen molar-refractivity contribution in [2.24, 2.45) is 0 Å². The van der Waals surface area contributed by atoms with Crippen LogP contribution in [0.2, 0.25) is 0 Å². The lowest BCUT2D eigenvalue weighted by molar-refractivity contribution is -0.140. The first kappa shape index (κ1) is 25.9. The number of piperidine rings is 1. The maximum atomic E-state index is 13.1. The molecule has 2 atom stereocenters. The Kier molecular flexibility index (Phi) is 8.45. The largest absolute Gasteiger partial charge is 0.493 e. The number of aliphatic hydroxyl groups excluding tert-OH is 1. The van der Waals surface area contributed by atoms with Crippen molar-refractivity contribution in [3.63, 3.8) is 0 Å². The van der Waals surface area contributed by atoms with Gasteiger partial charge in [-0.15, -0.1) is 0 Å². The van der Waals surface area contributed by atoms with E-state index in [9.17, 15) is 14.6 Å². The number of halogens is 1. The van der Waals surface area contributed by atoms with E-state index in [4.69, 9.17) is 14.2 Å². The molecule has 0 aliphatic carbocycles. The zero-order valence-electron chi connectivity index (χ0n) is 20.8. The average molecular weight is 500 g/mol. The molecular formula is C27H34FN3O5. The van der Waals surface area contributed by atoms with Gasteiger partial charge in [0.1, 0.15) is 29.6 Å². The molecule has 8 nitrogen and oxygen atoms in total. The molecule has 2 heterocycles. The Morgan fingerprint density at radius 1 is 1.14 bits per heavy atom. The molecule has 9 heteroatoms. The zero-order valence-corrected chi connectivity index (χ0v) is 20.8. The van der Waals surface area contributed by atoms with Crippen molar-refractivity contribution in [3.05, 3.63) is 72.1 Å². The maximum absolute atomic E-state index is 13.1. The first-order valence-electron chi connectivity index (χ1n) is 12.1. The first-order valence-corrected chi connectivity index (χ1v) is 12.1. The molecule has 0 spiro atoms. The summed E-state index contributed by atoms with van der Waals surface area (Å²) < 4.78 is 32.4. The lowest BCUT2D eigenvalue weighted by Crippen LogP contribution is -2.59. The highest BCUT2D eigenvalue weighted by Crippen LogP contribution is 2.30. The summed E-state index contributed by atoms with van der Waals surface area (Å²) in [6.45, 7) is 4.72. The highest BCUT2D eigenvalue weighted by molar-refractivity contribution is 5.43. The molecule has 194 valence electrons. The van der Waals surface area contributed by atoms with Crippen LogP contribution in [0.3, 0.4) is 0 Å². The number of hydrogen-bond donors (Lipinski definition) is 2. The second-order valence-electron chi connectivity index (χ2n) is 9.22. The summed E-state index contributed by atoms with van der Waals surface area (Å²) in [6, 6.07) is 11.4. The fourth-order valence-corrected chi connectivity index (χ4v) is 4.41. The summed E-state index contributed by atoms with van der Waals surface area (Å²) in [5, 5.41) is 21.6. The molecule has 0 unspecified atom stereocenters. The van der Waals surface area contributed by atoms with Crippen LogP contribution in [0.15, 0.2) is 54.9 Å². The van der Waals surface area contributed by atoms with Gasteiger partial charge in [0, 0.05) is 38.6 Å². The second-order valence-corrected chi connectivity index (χ2v) is 9.22. The lowest BCUT2D eigenvalue weighted by Gasteiger charge is -2.42. The standard InChI is InChI=1S/C27H34FN3O5/c1-20-29-11-14-31(20)12-3-15-35-24-9-4-21(16-25(24)34-2)17-30-13-10-26(32)27(33,18-30)19-36-23-7-5-22(28)6-8-23/h4-9,11,14,16,26,32-33H,3,10,12-13,15,17-19H2,1-2H3/t26-,27-/m0/s1. The van der Waals surface area contributed by atoms with Crippen molar-refractivity contribution in [1.82, 2.24) is 14.5 Å². The van der Waals surface area contributed by atoms with E-state index in [1.807, 2.05) is 31.3 Å². The normalized spacial score (nSPS) is 20.3. The summed E-state index contributed by atoms with van der Waals surface area (Å²) >= 11 is 0. The van der Waals surface area contributed by atoms with Gasteiger partial charge in [-0.05, 0) is 61.7 Å². The number of β-amino-alcohol motifs (C(OH)–C–C–N with tert-alkyl or cyclic N) is 1. The van der Waals surface area contributed by atoms with Crippen LogP contribution >= 0.6 is 0 Å². The predicted octanol–water partition coefficient (Wildman–Crippen LogP) is 3.19. The topological polar surface area (TPSA) is 89.2 Å². The number of methoxy groups -OCH3 is 1. The Morgan fingerprint density at radius 2 is 1.94 bits per heavy atom. The number of aryl methyl sites for hydroxylation is 2. The summed E-state index contributed by atoms with van der Waals surface area (Å²) in [7, 11) is 1.61. The number of hydrogen-bond acceptors (Lipinski definition) is 7. The third-order valence-corrected chi connectivity index (χ3v) is 6.50. The quantitative estimate of drug-likeness (QED) is 0.392. The highest BCUT2D eigenvalue weighted by Gasteiger charge is 2.42. The Bertz CT molecular complexity index is 1120. The van der Waals surface area contributed by atoms with Crippen LogP contribution in [0.4, 0.5) is 4.39 Å². The Hall–Kier alpha value is -3.14. The number of imidazole rings is 1. The minimum Gasteiger partial charge on any atom is -0.493 e. The van der Waals surface area contributed by atoms with E-state index in [1.165, 1.54) is 24.3 Å². The SMILES string of the molecule is COc1cc(CN2CC[C@H](O)[C@@](O)(COc3ccc(F)cc3)C2)ccc1OCCCn1ccnc1C. The molecule has 1 saturated heterocycles. The number of benzene rings is 2. The molecule has 2 aromatic carbocycles. The van der Waals surface area contributed by atoms with Gasteiger partial charge in [0.2, 0.25) is 0 Å². The van der Waals surface area contributed by atoms with Crippen LogP contribution in [0.5, 0.6) is 17.2 Å². The van der Waals surface area contributed by atoms with Crippen LogP contribution in [0.1, 0.15) is 24.2 Å². The van der Waals surface area contributed by atoms with Crippen LogP contribution in [-0.4, -0.2) is 69.8 Å². The fraction of sp³-hybridized carbons (Fsp3) is 0.444. The monoisotopic (exact) mass is 499 g/mol. The number of aliphatic hydroxyl groups is 2. The van der Waals surface area contributed by atoms with Crippen molar-refractivity contribution >= 4 is 0 Å². The molecule has 0 bridgehead atoms. The number of nitrogens with zero attached hydrogens (tertiary/aromatic N) is 3. The first-order chi connectivity index (χ1) is 17.4. The van der Waals surface area contributed by atoms with Gasteiger partial charge in [0.15, 0.2) is 11.5 Å². The van der Waals surface area contributed by atoms with Crippen molar-refractivity contribution in [2.75, 3.05) is 33.4 Å². The molecule has 1 aliphatic rings. The van der Waals surface area contributed by atoms with Gasteiger partial charge in [-0.2, -0.15) is 0 Å². The average Bonchev–Trinajstić information content (AvgIpc) is 3.29. The predicted molar refractivity (Wildman–Crippen MR) is 133 cm³/mol. The van der Waals surface area contributed by atoms with E-state index in [0.717, 1.165) is 24.4 Å². The summed E-state index contributed by atoms with van der Waals surface area (Å²) in [6.07, 6.45) is 4.10. The van der Waals surface area contributed by atoms with Crippen molar-refractivity contribution in [2.45, 2.75) is 44.6 Å². The van der Waals surface area contributed by atoms with Crippen molar-refractivity contribution in [3.8, 4) is 17.2 Å².